The first-order valence-electron chi connectivity index (χ1n) is 7.56. The predicted molar refractivity (Wildman–Crippen MR) is 82.3 cm³/mol. The van der Waals surface area contributed by atoms with Gasteiger partial charge in [-0.3, -0.25) is 4.79 Å². The third-order valence-corrected chi connectivity index (χ3v) is 3.37. The highest BCUT2D eigenvalue weighted by Gasteiger charge is 2.34. The minimum Gasteiger partial charge on any atom is -0.464 e. The van der Waals surface area contributed by atoms with Crippen LogP contribution in [0.4, 0.5) is 17.6 Å². The lowest BCUT2D eigenvalue weighted by atomic mass is 10.0. The molecule has 0 radical (unpaired) electrons. The molecule has 0 aliphatic rings. The highest BCUT2D eigenvalue weighted by molar-refractivity contribution is 6.11. The Bertz CT molecular complexity index is 809. The molecule has 2 aromatic carbocycles. The summed E-state index contributed by atoms with van der Waals surface area (Å²) in [5.74, 6) is -10.4. The van der Waals surface area contributed by atoms with Gasteiger partial charge in [0.1, 0.15) is 0 Å². The molecule has 8 heteroatoms. The first-order chi connectivity index (χ1) is 12.4. The van der Waals surface area contributed by atoms with E-state index in [0.29, 0.717) is 5.56 Å². The molecule has 0 saturated carbocycles. The molecule has 0 amide bonds. The topological polar surface area (TPSA) is 52.6 Å². The summed E-state index contributed by atoms with van der Waals surface area (Å²) in [4.78, 5) is 24.4. The first-order valence-corrected chi connectivity index (χ1v) is 7.56. The van der Waals surface area contributed by atoms with Crippen molar-refractivity contribution in [3.8, 4) is 0 Å². The van der Waals surface area contributed by atoms with Gasteiger partial charge in [0.05, 0.1) is 18.8 Å². The zero-order valence-electron chi connectivity index (χ0n) is 13.6. The number of carbonyl (C=O) groups is 2. The van der Waals surface area contributed by atoms with Crippen LogP contribution in [0.25, 0.3) is 0 Å². The summed E-state index contributed by atoms with van der Waals surface area (Å²) < 4.78 is 63.5. The number of benzene rings is 2. The Kier molecular flexibility index (Phi) is 6.46. The molecule has 0 bridgehead atoms. The van der Waals surface area contributed by atoms with Gasteiger partial charge in [0.15, 0.2) is 23.3 Å². The standard InChI is InChI=1S/C18H14F4O4/c1-2-25-18(24)17(26-9-10-6-4-3-5-7-10)16(23)11-8-12(19)14(21)15(22)13(11)20/h3-8,17H,2,9H2,1H3. The predicted octanol–water partition coefficient (Wildman–Crippen LogP) is 3.57. The molecule has 0 aromatic heterocycles. The molecule has 2 aromatic rings. The number of ether oxygens (including phenoxy) is 2. The third kappa shape index (κ3) is 4.26. The molecule has 1 atom stereocenters. The lowest BCUT2D eigenvalue weighted by Gasteiger charge is -2.16. The monoisotopic (exact) mass is 370 g/mol. The Balaban J connectivity index is 2.33. The van der Waals surface area contributed by atoms with Crippen molar-refractivity contribution < 1.29 is 36.6 Å². The fraction of sp³-hybridized carbons (Fsp3) is 0.222. The molecule has 4 nitrogen and oxygen atoms in total. The van der Waals surface area contributed by atoms with Crippen molar-refractivity contribution in [2.75, 3.05) is 6.61 Å². The Hall–Kier alpha value is -2.74. The van der Waals surface area contributed by atoms with Gasteiger partial charge in [-0.05, 0) is 18.6 Å². The van der Waals surface area contributed by atoms with E-state index in [2.05, 4.69) is 0 Å². The normalized spacial score (nSPS) is 11.9. The van der Waals surface area contributed by atoms with Crippen molar-refractivity contribution in [2.45, 2.75) is 19.6 Å². The zero-order chi connectivity index (χ0) is 19.3. The highest BCUT2D eigenvalue weighted by Crippen LogP contribution is 2.21. The Labute approximate surface area is 146 Å². The van der Waals surface area contributed by atoms with Crippen LogP contribution in [0, 0.1) is 23.3 Å². The maximum absolute atomic E-state index is 13.9. The minimum absolute atomic E-state index is 0.105. The van der Waals surface area contributed by atoms with Crippen molar-refractivity contribution in [3.63, 3.8) is 0 Å². The van der Waals surface area contributed by atoms with Gasteiger partial charge < -0.3 is 9.47 Å². The van der Waals surface area contributed by atoms with Crippen LogP contribution in [0.15, 0.2) is 36.4 Å². The number of esters is 1. The molecular formula is C18H14F4O4. The second-order valence-electron chi connectivity index (χ2n) is 5.14. The number of hydrogen-bond acceptors (Lipinski definition) is 4. The maximum Gasteiger partial charge on any atom is 0.343 e. The second-order valence-corrected chi connectivity index (χ2v) is 5.14. The van der Waals surface area contributed by atoms with Crippen LogP contribution in [0.1, 0.15) is 22.8 Å². The lowest BCUT2D eigenvalue weighted by molar-refractivity contribution is -0.154. The van der Waals surface area contributed by atoms with E-state index >= 15 is 0 Å². The van der Waals surface area contributed by atoms with Crippen LogP contribution in [-0.4, -0.2) is 24.5 Å². The van der Waals surface area contributed by atoms with E-state index in [9.17, 15) is 27.2 Å². The smallest absolute Gasteiger partial charge is 0.343 e. The van der Waals surface area contributed by atoms with Gasteiger partial charge in [0.2, 0.25) is 11.9 Å². The van der Waals surface area contributed by atoms with Crippen LogP contribution in [0.3, 0.4) is 0 Å². The van der Waals surface area contributed by atoms with Gasteiger partial charge in [-0.2, -0.15) is 0 Å². The Morgan fingerprint density at radius 1 is 1.00 bits per heavy atom. The quantitative estimate of drug-likeness (QED) is 0.187. The Morgan fingerprint density at radius 2 is 1.65 bits per heavy atom. The average Bonchev–Trinajstić information content (AvgIpc) is 2.64. The SMILES string of the molecule is CCOC(=O)C(OCc1ccccc1)C(=O)c1cc(F)c(F)c(F)c1F. The molecule has 26 heavy (non-hydrogen) atoms. The molecule has 0 N–H and O–H groups in total. The van der Waals surface area contributed by atoms with E-state index < -0.39 is 46.7 Å². The van der Waals surface area contributed by atoms with Gasteiger partial charge in [-0.25, -0.2) is 22.4 Å². The fourth-order valence-electron chi connectivity index (χ4n) is 2.12. The molecule has 0 heterocycles. The number of carbonyl (C=O) groups excluding carboxylic acids is 2. The number of Topliss-reactive ketones (excluding diaryl/α,β-unsaturated/α-hetero) is 1. The van der Waals surface area contributed by atoms with Gasteiger partial charge in [-0.1, -0.05) is 30.3 Å². The largest absolute Gasteiger partial charge is 0.464 e. The summed E-state index contributed by atoms with van der Waals surface area (Å²) in [6.45, 7) is 1.14. The molecule has 0 saturated heterocycles. The molecule has 138 valence electrons. The van der Waals surface area contributed by atoms with Gasteiger partial charge >= 0.3 is 5.97 Å². The molecule has 0 aliphatic carbocycles. The minimum atomic E-state index is -2.15. The molecule has 2 rings (SSSR count). The molecular weight excluding hydrogens is 356 g/mol. The number of hydrogen-bond donors (Lipinski definition) is 0. The Morgan fingerprint density at radius 3 is 2.27 bits per heavy atom. The van der Waals surface area contributed by atoms with E-state index in [4.69, 9.17) is 9.47 Å². The van der Waals surface area contributed by atoms with E-state index in [-0.39, 0.29) is 19.3 Å². The van der Waals surface area contributed by atoms with Crippen molar-refractivity contribution >= 4 is 11.8 Å². The summed E-state index contributed by atoms with van der Waals surface area (Å²) in [7, 11) is 0. The number of halogens is 4. The molecule has 0 spiro atoms. The summed E-state index contributed by atoms with van der Waals surface area (Å²) >= 11 is 0. The molecule has 1 unspecified atom stereocenters. The van der Waals surface area contributed by atoms with Crippen LogP contribution < -0.4 is 0 Å². The lowest BCUT2D eigenvalue weighted by Crippen LogP contribution is -2.35. The van der Waals surface area contributed by atoms with Crippen molar-refractivity contribution in [1.82, 2.24) is 0 Å². The van der Waals surface area contributed by atoms with Gasteiger partial charge in [0, 0.05) is 0 Å². The van der Waals surface area contributed by atoms with E-state index in [1.807, 2.05) is 0 Å². The van der Waals surface area contributed by atoms with Crippen molar-refractivity contribution in [3.05, 3.63) is 70.8 Å². The van der Waals surface area contributed by atoms with Crippen molar-refractivity contribution in [2.24, 2.45) is 0 Å². The maximum atomic E-state index is 13.9. The first kappa shape index (κ1) is 19.6. The van der Waals surface area contributed by atoms with E-state index in [1.54, 1.807) is 30.3 Å². The zero-order valence-corrected chi connectivity index (χ0v) is 13.6. The van der Waals surface area contributed by atoms with Crippen LogP contribution in [0.2, 0.25) is 0 Å². The molecule has 0 aliphatic heterocycles. The number of ketones is 1. The summed E-state index contributed by atoms with van der Waals surface area (Å²) in [6, 6.07) is 8.56. The second kappa shape index (κ2) is 8.57. The fourth-order valence-corrected chi connectivity index (χ4v) is 2.12. The number of rotatable bonds is 7. The van der Waals surface area contributed by atoms with Gasteiger partial charge in [-0.15, -0.1) is 0 Å². The molecule has 0 fully saturated rings. The van der Waals surface area contributed by atoms with Gasteiger partial charge in [0.25, 0.3) is 0 Å². The van der Waals surface area contributed by atoms with E-state index in [0.717, 1.165) is 0 Å². The highest BCUT2D eigenvalue weighted by atomic mass is 19.2. The summed E-state index contributed by atoms with van der Waals surface area (Å²) in [6.07, 6.45) is -1.96. The van der Waals surface area contributed by atoms with E-state index in [1.165, 1.54) is 6.92 Å². The van der Waals surface area contributed by atoms with Crippen molar-refractivity contribution in [1.29, 1.82) is 0 Å². The third-order valence-electron chi connectivity index (χ3n) is 3.37. The summed E-state index contributed by atoms with van der Waals surface area (Å²) in [5.41, 5.74) is -0.556. The average molecular weight is 370 g/mol. The van der Waals surface area contributed by atoms with Crippen LogP contribution in [0.5, 0.6) is 0 Å². The van der Waals surface area contributed by atoms with Crippen LogP contribution >= 0.6 is 0 Å². The van der Waals surface area contributed by atoms with Crippen LogP contribution in [-0.2, 0) is 20.9 Å². The summed E-state index contributed by atoms with van der Waals surface area (Å²) in [5, 5.41) is 0.